The van der Waals surface area contributed by atoms with E-state index >= 15 is 0 Å². The van der Waals surface area contributed by atoms with Crippen LogP contribution < -0.4 is 11.5 Å². The Labute approximate surface area is 97.7 Å². The summed E-state index contributed by atoms with van der Waals surface area (Å²) in [6.07, 6.45) is 0.148. The molecule has 1 unspecified atom stereocenters. The van der Waals surface area contributed by atoms with Crippen molar-refractivity contribution >= 4 is 18.1 Å². The Bertz CT molecular complexity index is 456. The monoisotopic (exact) mass is 235 g/mol. The fraction of sp³-hybridized carbons (Fsp3) is 0.182. The first-order valence-corrected chi connectivity index (χ1v) is 4.82. The number of carboxylic acid groups (broad SMARTS) is 1. The maximum atomic E-state index is 11.1. The number of aliphatic carboxylic acids is 1. The highest BCUT2D eigenvalue weighted by molar-refractivity contribution is 5.95. The van der Waals surface area contributed by atoms with Crippen molar-refractivity contribution in [3.05, 3.63) is 35.4 Å². The molecule has 17 heavy (non-hydrogen) atoms. The number of aldehydes is 1. The molecule has 0 saturated carbocycles. The van der Waals surface area contributed by atoms with Gasteiger partial charge in [0.1, 0.15) is 17.7 Å². The zero-order valence-electron chi connectivity index (χ0n) is 9.01. The highest BCUT2D eigenvalue weighted by Gasteiger charge is 2.35. The molecule has 6 nitrogen and oxygen atoms in total. The maximum Gasteiger partial charge on any atom is 0.328 e. The van der Waals surface area contributed by atoms with Gasteiger partial charge in [-0.1, -0.05) is 24.3 Å². The number of nitrogens with two attached hydrogens (primary N) is 2. The second kappa shape index (κ2) is 4.75. The second-order valence-electron chi connectivity index (χ2n) is 3.64. The molecule has 1 rings (SSSR count). The van der Waals surface area contributed by atoms with E-state index in [1.165, 1.54) is 24.3 Å². The molecule has 6 heteroatoms. The molecule has 1 aromatic carbocycles. The van der Waals surface area contributed by atoms with Crippen molar-refractivity contribution < 1.29 is 14.7 Å². The molecule has 0 saturated heterocycles. The van der Waals surface area contributed by atoms with Crippen LogP contribution in [0.1, 0.15) is 17.5 Å². The van der Waals surface area contributed by atoms with Crippen LogP contribution in [0.3, 0.4) is 0 Å². The molecule has 0 aliphatic carbocycles. The zero-order valence-corrected chi connectivity index (χ0v) is 9.01. The number of amidine groups is 1. The first kappa shape index (κ1) is 12.9. The van der Waals surface area contributed by atoms with Crippen molar-refractivity contribution in [1.29, 1.82) is 5.41 Å². The number of carbonyl (C=O) groups is 2. The first-order chi connectivity index (χ1) is 7.91. The van der Waals surface area contributed by atoms with E-state index < -0.39 is 11.5 Å². The van der Waals surface area contributed by atoms with Gasteiger partial charge in [0.2, 0.25) is 0 Å². The Morgan fingerprint density at radius 2 is 1.94 bits per heavy atom. The normalized spacial score (nSPS) is 13.7. The Balaban J connectivity index is 3.16. The number of carbonyl (C=O) groups excluding carboxylic acids is 1. The summed E-state index contributed by atoms with van der Waals surface area (Å²) in [6, 6.07) is 5.89. The molecule has 90 valence electrons. The van der Waals surface area contributed by atoms with E-state index in [2.05, 4.69) is 0 Å². The molecule has 0 fully saturated rings. The summed E-state index contributed by atoms with van der Waals surface area (Å²) in [5, 5.41) is 16.2. The highest BCUT2D eigenvalue weighted by Crippen LogP contribution is 2.22. The third-order valence-corrected chi connectivity index (χ3v) is 2.50. The number of rotatable bonds is 5. The molecule has 1 aromatic rings. The minimum atomic E-state index is -1.74. The average molecular weight is 235 g/mol. The van der Waals surface area contributed by atoms with Crippen LogP contribution in [0.2, 0.25) is 0 Å². The summed E-state index contributed by atoms with van der Waals surface area (Å²) in [5.41, 5.74) is 9.97. The van der Waals surface area contributed by atoms with Gasteiger partial charge in [0.25, 0.3) is 0 Å². The van der Waals surface area contributed by atoms with Crippen LogP contribution in [0, 0.1) is 5.41 Å². The van der Waals surface area contributed by atoms with Crippen LogP contribution in [-0.4, -0.2) is 23.2 Å². The van der Waals surface area contributed by atoms with Gasteiger partial charge >= 0.3 is 5.97 Å². The van der Waals surface area contributed by atoms with E-state index in [1.54, 1.807) is 0 Å². The summed E-state index contributed by atoms with van der Waals surface area (Å²) < 4.78 is 0. The van der Waals surface area contributed by atoms with Gasteiger partial charge in [-0.15, -0.1) is 0 Å². The fourth-order valence-corrected chi connectivity index (χ4v) is 1.41. The lowest BCUT2D eigenvalue weighted by atomic mass is 9.88. The van der Waals surface area contributed by atoms with E-state index in [4.69, 9.17) is 22.0 Å². The lowest BCUT2D eigenvalue weighted by molar-refractivity contribution is -0.144. The van der Waals surface area contributed by atoms with Crippen LogP contribution in [0.25, 0.3) is 0 Å². The lowest BCUT2D eigenvalue weighted by Crippen LogP contribution is -2.45. The Morgan fingerprint density at radius 3 is 2.29 bits per heavy atom. The molecule has 0 radical (unpaired) electrons. The number of carboxylic acids is 1. The molecule has 0 aliphatic heterocycles. The van der Waals surface area contributed by atoms with Gasteiger partial charge in [-0.05, 0) is 5.56 Å². The first-order valence-electron chi connectivity index (χ1n) is 4.82. The molecule has 6 N–H and O–H groups in total. The predicted molar refractivity (Wildman–Crippen MR) is 61.6 cm³/mol. The van der Waals surface area contributed by atoms with Gasteiger partial charge in [0, 0.05) is 12.0 Å². The van der Waals surface area contributed by atoms with Crippen LogP contribution in [-0.2, 0) is 15.1 Å². The van der Waals surface area contributed by atoms with Crippen LogP contribution >= 0.6 is 0 Å². The minimum absolute atomic E-state index is 0.120. The zero-order chi connectivity index (χ0) is 13.1. The Morgan fingerprint density at radius 1 is 1.41 bits per heavy atom. The SMILES string of the molecule is N=C(N)c1ccc(C(N)(CC=O)C(=O)O)cc1. The molecular formula is C11H13N3O3. The average Bonchev–Trinajstić information content (AvgIpc) is 2.29. The van der Waals surface area contributed by atoms with E-state index in [0.29, 0.717) is 17.4 Å². The number of benzene rings is 1. The number of hydrogen-bond acceptors (Lipinski definition) is 4. The van der Waals surface area contributed by atoms with Gasteiger partial charge in [-0.25, -0.2) is 4.79 Å². The molecule has 1 atom stereocenters. The summed E-state index contributed by atoms with van der Waals surface area (Å²) in [5.74, 6) is -1.40. The fourth-order valence-electron chi connectivity index (χ4n) is 1.41. The van der Waals surface area contributed by atoms with Gasteiger partial charge in [-0.2, -0.15) is 0 Å². The summed E-state index contributed by atoms with van der Waals surface area (Å²) in [7, 11) is 0. The predicted octanol–water partition coefficient (Wildman–Crippen LogP) is -0.202. The molecule has 0 heterocycles. The van der Waals surface area contributed by atoms with Gasteiger partial charge < -0.3 is 21.4 Å². The van der Waals surface area contributed by atoms with Crippen LogP contribution in [0.5, 0.6) is 0 Å². The second-order valence-corrected chi connectivity index (χ2v) is 3.64. The summed E-state index contributed by atoms with van der Waals surface area (Å²) in [6.45, 7) is 0. The van der Waals surface area contributed by atoms with Gasteiger partial charge in [-0.3, -0.25) is 5.41 Å². The smallest absolute Gasteiger partial charge is 0.328 e. The molecule has 0 spiro atoms. The van der Waals surface area contributed by atoms with Crippen molar-refractivity contribution in [1.82, 2.24) is 0 Å². The third kappa shape index (κ3) is 2.48. The molecular weight excluding hydrogens is 222 g/mol. The summed E-state index contributed by atoms with van der Waals surface area (Å²) in [4.78, 5) is 21.6. The van der Waals surface area contributed by atoms with Crippen molar-refractivity contribution in [3.63, 3.8) is 0 Å². The van der Waals surface area contributed by atoms with Crippen LogP contribution in [0.15, 0.2) is 24.3 Å². The van der Waals surface area contributed by atoms with E-state index in [1.807, 2.05) is 0 Å². The van der Waals surface area contributed by atoms with Crippen molar-refractivity contribution in [2.24, 2.45) is 11.5 Å². The molecule has 0 amide bonds. The van der Waals surface area contributed by atoms with Crippen LogP contribution in [0.4, 0.5) is 0 Å². The van der Waals surface area contributed by atoms with E-state index in [9.17, 15) is 9.59 Å². The van der Waals surface area contributed by atoms with Gasteiger partial charge in [0.15, 0.2) is 0 Å². The van der Waals surface area contributed by atoms with E-state index in [0.717, 1.165) is 0 Å². The van der Waals surface area contributed by atoms with Crippen molar-refractivity contribution in [2.75, 3.05) is 0 Å². The number of nitrogen functional groups attached to an aromatic ring is 1. The van der Waals surface area contributed by atoms with E-state index in [-0.39, 0.29) is 12.3 Å². The maximum absolute atomic E-state index is 11.1. The quantitative estimate of drug-likeness (QED) is 0.319. The Hall–Kier alpha value is -2.21. The van der Waals surface area contributed by atoms with Gasteiger partial charge in [0.05, 0.1) is 0 Å². The minimum Gasteiger partial charge on any atom is -0.480 e. The lowest BCUT2D eigenvalue weighted by Gasteiger charge is -2.22. The number of hydrogen-bond donors (Lipinski definition) is 4. The highest BCUT2D eigenvalue weighted by atomic mass is 16.4. The molecule has 0 aromatic heterocycles. The summed E-state index contributed by atoms with van der Waals surface area (Å²) >= 11 is 0. The van der Waals surface area contributed by atoms with Crippen molar-refractivity contribution in [3.8, 4) is 0 Å². The topological polar surface area (TPSA) is 130 Å². The Kier molecular flexibility index (Phi) is 3.59. The largest absolute Gasteiger partial charge is 0.480 e. The molecule has 0 aliphatic rings. The molecule has 0 bridgehead atoms. The number of nitrogens with one attached hydrogen (secondary N) is 1. The van der Waals surface area contributed by atoms with Crippen molar-refractivity contribution in [2.45, 2.75) is 12.0 Å². The third-order valence-electron chi connectivity index (χ3n) is 2.50. The standard InChI is InChI=1S/C11H13N3O3/c12-9(13)7-1-3-8(4-2-7)11(14,5-6-15)10(16)17/h1-4,6H,5,14H2,(H3,12,13)(H,16,17).